The molecule has 0 aromatic heterocycles. The molecule has 39 heavy (non-hydrogen) atoms. The van der Waals surface area contributed by atoms with E-state index in [0.29, 0.717) is 23.0 Å². The second-order valence-corrected chi connectivity index (χ2v) is 12.0. The van der Waals surface area contributed by atoms with Crippen LogP contribution in [0.2, 0.25) is 10.0 Å². The van der Waals surface area contributed by atoms with Gasteiger partial charge in [-0.3, -0.25) is 9.59 Å². The molecule has 0 aliphatic rings. The van der Waals surface area contributed by atoms with Crippen LogP contribution in [-0.4, -0.2) is 55.6 Å². The molecule has 0 spiro atoms. The van der Waals surface area contributed by atoms with Crippen LogP contribution in [0, 0.1) is 0 Å². The van der Waals surface area contributed by atoms with E-state index in [4.69, 9.17) is 23.2 Å². The van der Waals surface area contributed by atoms with E-state index in [9.17, 15) is 18.0 Å². The predicted molar refractivity (Wildman–Crippen MR) is 155 cm³/mol. The van der Waals surface area contributed by atoms with E-state index in [-0.39, 0.29) is 42.6 Å². The van der Waals surface area contributed by atoms with Gasteiger partial charge >= 0.3 is 0 Å². The van der Waals surface area contributed by atoms with Gasteiger partial charge in [-0.25, -0.2) is 12.7 Å². The second-order valence-electron chi connectivity index (χ2n) is 9.11. The summed E-state index contributed by atoms with van der Waals surface area (Å²) in [6.07, 6.45) is 0.662. The van der Waals surface area contributed by atoms with Crippen LogP contribution in [0.15, 0.2) is 83.8 Å². The van der Waals surface area contributed by atoms with E-state index in [1.165, 1.54) is 23.5 Å². The fraction of sp³-hybridized carbons (Fsp3) is 0.310. The second kappa shape index (κ2) is 14.5. The van der Waals surface area contributed by atoms with Crippen molar-refractivity contribution in [1.82, 2.24) is 14.5 Å². The summed E-state index contributed by atoms with van der Waals surface area (Å²) in [5, 5.41) is 3.60. The summed E-state index contributed by atoms with van der Waals surface area (Å²) in [6, 6.07) is 22.0. The first-order chi connectivity index (χ1) is 18.6. The number of rotatable bonds is 13. The van der Waals surface area contributed by atoms with E-state index in [2.05, 4.69) is 5.32 Å². The molecular formula is C29H33Cl2N3O4S. The molecule has 1 atom stereocenters. The average molecular weight is 591 g/mol. The molecule has 3 aromatic rings. The Morgan fingerprint density at radius 3 is 2.15 bits per heavy atom. The maximum Gasteiger partial charge on any atom is 0.243 e. The number of benzene rings is 3. The Kier molecular flexibility index (Phi) is 11.4. The van der Waals surface area contributed by atoms with Crippen LogP contribution < -0.4 is 5.32 Å². The minimum atomic E-state index is -3.68. The number of sulfonamides is 1. The third-order valence-electron chi connectivity index (χ3n) is 6.27. The summed E-state index contributed by atoms with van der Waals surface area (Å²) in [6.45, 7) is 2.53. The van der Waals surface area contributed by atoms with E-state index in [0.717, 1.165) is 11.1 Å². The fourth-order valence-electron chi connectivity index (χ4n) is 4.17. The highest BCUT2D eigenvalue weighted by atomic mass is 35.5. The van der Waals surface area contributed by atoms with Crippen LogP contribution >= 0.6 is 23.2 Å². The van der Waals surface area contributed by atoms with Gasteiger partial charge in [0.15, 0.2) is 0 Å². The number of hydrogen-bond acceptors (Lipinski definition) is 4. The number of likely N-dealkylation sites (N-methyl/N-ethyl adjacent to an activating group) is 1. The van der Waals surface area contributed by atoms with Crippen LogP contribution in [0.25, 0.3) is 0 Å². The molecule has 1 N–H and O–H groups in total. The number of amides is 2. The largest absolute Gasteiger partial charge is 0.355 e. The van der Waals surface area contributed by atoms with Crippen molar-refractivity contribution in [2.24, 2.45) is 0 Å². The lowest BCUT2D eigenvalue weighted by Crippen LogP contribution is -2.50. The minimum Gasteiger partial charge on any atom is -0.355 e. The van der Waals surface area contributed by atoms with Gasteiger partial charge in [-0.15, -0.1) is 0 Å². The van der Waals surface area contributed by atoms with Crippen LogP contribution in [0.5, 0.6) is 0 Å². The summed E-state index contributed by atoms with van der Waals surface area (Å²) < 4.78 is 27.0. The molecule has 0 saturated heterocycles. The standard InChI is InChI=1S/C29H33Cl2N3O4S/c1-3-32-29(36)27(20-22-11-6-4-7-12-22)34(21-23-16-17-25(30)26(31)19-23)28(35)15-10-18-33(2)39(37,38)24-13-8-5-9-14-24/h4-9,11-14,16-17,19,27H,3,10,15,18,20-21H2,1-2H3,(H,32,36)/t27-/m1/s1. The number of nitrogens with one attached hydrogen (secondary N) is 1. The van der Waals surface area contributed by atoms with Gasteiger partial charge in [-0.2, -0.15) is 0 Å². The monoisotopic (exact) mass is 589 g/mol. The smallest absolute Gasteiger partial charge is 0.243 e. The molecule has 0 saturated carbocycles. The summed E-state index contributed by atoms with van der Waals surface area (Å²) in [4.78, 5) is 28.6. The molecule has 2 amide bonds. The molecule has 0 aliphatic carbocycles. The van der Waals surface area contributed by atoms with Gasteiger partial charge in [0.05, 0.1) is 14.9 Å². The molecule has 3 rings (SSSR count). The fourth-order valence-corrected chi connectivity index (χ4v) is 5.72. The third kappa shape index (κ3) is 8.54. The number of carbonyl (C=O) groups excluding carboxylic acids is 2. The third-order valence-corrected chi connectivity index (χ3v) is 8.88. The van der Waals surface area contributed by atoms with Gasteiger partial charge in [0.1, 0.15) is 6.04 Å². The van der Waals surface area contributed by atoms with Crippen LogP contribution in [-0.2, 0) is 32.6 Å². The van der Waals surface area contributed by atoms with Gasteiger partial charge in [0.2, 0.25) is 21.8 Å². The van der Waals surface area contributed by atoms with Gasteiger partial charge in [-0.1, -0.05) is 77.8 Å². The van der Waals surface area contributed by atoms with Crippen molar-refractivity contribution in [2.45, 2.75) is 43.7 Å². The first-order valence-electron chi connectivity index (χ1n) is 12.7. The van der Waals surface area contributed by atoms with E-state index >= 15 is 0 Å². The molecule has 0 bridgehead atoms. The Balaban J connectivity index is 1.82. The zero-order chi connectivity index (χ0) is 28.4. The van der Waals surface area contributed by atoms with Crippen molar-refractivity contribution in [3.8, 4) is 0 Å². The Morgan fingerprint density at radius 1 is 0.897 bits per heavy atom. The lowest BCUT2D eigenvalue weighted by atomic mass is 10.0. The molecule has 0 unspecified atom stereocenters. The van der Waals surface area contributed by atoms with E-state index < -0.39 is 16.1 Å². The quantitative estimate of drug-likeness (QED) is 0.298. The zero-order valence-electron chi connectivity index (χ0n) is 22.0. The Labute approximate surface area is 240 Å². The highest BCUT2D eigenvalue weighted by Crippen LogP contribution is 2.25. The topological polar surface area (TPSA) is 86.8 Å². The van der Waals surface area contributed by atoms with Crippen molar-refractivity contribution in [1.29, 1.82) is 0 Å². The number of nitrogens with zero attached hydrogens (tertiary/aromatic N) is 2. The van der Waals surface area contributed by atoms with E-state index in [1.807, 2.05) is 37.3 Å². The molecule has 208 valence electrons. The van der Waals surface area contributed by atoms with Crippen molar-refractivity contribution in [3.63, 3.8) is 0 Å². The summed E-state index contributed by atoms with van der Waals surface area (Å²) >= 11 is 12.3. The maximum atomic E-state index is 13.7. The van der Waals surface area contributed by atoms with Crippen LogP contribution in [0.4, 0.5) is 0 Å². The zero-order valence-corrected chi connectivity index (χ0v) is 24.3. The van der Waals surface area contributed by atoms with Crippen molar-refractivity contribution in [2.75, 3.05) is 20.1 Å². The highest BCUT2D eigenvalue weighted by Gasteiger charge is 2.30. The Bertz CT molecular complexity index is 1360. The Morgan fingerprint density at radius 2 is 1.54 bits per heavy atom. The predicted octanol–water partition coefficient (Wildman–Crippen LogP) is 5.17. The lowest BCUT2D eigenvalue weighted by Gasteiger charge is -2.32. The first-order valence-corrected chi connectivity index (χ1v) is 14.9. The molecule has 7 nitrogen and oxygen atoms in total. The molecule has 0 fully saturated rings. The maximum absolute atomic E-state index is 13.7. The van der Waals surface area contributed by atoms with Crippen LogP contribution in [0.3, 0.4) is 0 Å². The number of carbonyl (C=O) groups is 2. The van der Waals surface area contributed by atoms with Gasteiger partial charge in [0.25, 0.3) is 0 Å². The minimum absolute atomic E-state index is 0.0562. The Hall–Kier alpha value is -2.91. The van der Waals surface area contributed by atoms with Crippen molar-refractivity contribution in [3.05, 3.63) is 100 Å². The van der Waals surface area contributed by atoms with Crippen molar-refractivity contribution >= 4 is 45.0 Å². The molecule has 0 aliphatic heterocycles. The first kappa shape index (κ1) is 30.6. The van der Waals surface area contributed by atoms with E-state index in [1.54, 1.807) is 41.3 Å². The number of halogens is 2. The highest BCUT2D eigenvalue weighted by molar-refractivity contribution is 7.89. The summed E-state index contributed by atoms with van der Waals surface area (Å²) in [7, 11) is -2.18. The normalized spacial score (nSPS) is 12.2. The summed E-state index contributed by atoms with van der Waals surface area (Å²) in [5.74, 6) is -0.530. The van der Waals surface area contributed by atoms with Crippen LogP contribution in [0.1, 0.15) is 30.9 Å². The van der Waals surface area contributed by atoms with Gasteiger partial charge < -0.3 is 10.2 Å². The molecule has 0 radical (unpaired) electrons. The average Bonchev–Trinajstić information content (AvgIpc) is 2.93. The molecular weight excluding hydrogens is 557 g/mol. The SMILES string of the molecule is CCNC(=O)[C@@H](Cc1ccccc1)N(Cc1ccc(Cl)c(Cl)c1)C(=O)CCCN(C)S(=O)(=O)c1ccccc1. The van der Waals surface area contributed by atoms with Gasteiger partial charge in [-0.05, 0) is 48.7 Å². The van der Waals surface area contributed by atoms with Crippen molar-refractivity contribution < 1.29 is 18.0 Å². The molecule has 10 heteroatoms. The number of hydrogen-bond donors (Lipinski definition) is 1. The molecule has 0 heterocycles. The lowest BCUT2D eigenvalue weighted by molar-refractivity contribution is -0.141. The van der Waals surface area contributed by atoms with Gasteiger partial charge in [0, 0.05) is 39.5 Å². The molecule has 3 aromatic carbocycles. The summed E-state index contributed by atoms with van der Waals surface area (Å²) in [5.41, 5.74) is 1.64.